The molecule has 1 amide bonds. The van der Waals surface area contributed by atoms with Crippen LogP contribution in [0.1, 0.15) is 25.6 Å². The fourth-order valence-corrected chi connectivity index (χ4v) is 3.67. The number of rotatable bonds is 7. The second-order valence-electron chi connectivity index (χ2n) is 7.37. The van der Waals surface area contributed by atoms with E-state index in [0.717, 1.165) is 6.42 Å². The monoisotopic (exact) mass is 452 g/mol. The molecule has 0 unspecified atom stereocenters. The van der Waals surface area contributed by atoms with Gasteiger partial charge in [-0.2, -0.15) is 0 Å². The number of halogens is 1. The molecule has 0 aliphatic rings. The molecule has 1 N–H and O–H groups in total. The van der Waals surface area contributed by atoms with Crippen molar-refractivity contribution >= 4 is 39.3 Å². The van der Waals surface area contributed by atoms with Gasteiger partial charge in [-0.25, -0.2) is 9.67 Å². The first-order valence-electron chi connectivity index (χ1n) is 10.2. The van der Waals surface area contributed by atoms with Gasteiger partial charge in [-0.1, -0.05) is 35.9 Å². The third-order valence-electron chi connectivity index (χ3n) is 5.07. The smallest absolute Gasteiger partial charge is 0.277 e. The minimum Gasteiger partial charge on any atom is -0.335 e. The molecule has 2 aromatic carbocycles. The van der Waals surface area contributed by atoms with Crippen LogP contribution in [0.5, 0.6) is 0 Å². The summed E-state index contributed by atoms with van der Waals surface area (Å²) in [6.07, 6.45) is 0.793. The number of fused-ring (bicyclic) bond motifs is 2. The third kappa shape index (κ3) is 4.52. The molecule has 0 saturated heterocycles. The zero-order valence-corrected chi connectivity index (χ0v) is 18.2. The van der Waals surface area contributed by atoms with Crippen LogP contribution in [0.25, 0.3) is 21.8 Å². The molecule has 32 heavy (non-hydrogen) atoms. The molecule has 2 heterocycles. The fourth-order valence-electron chi connectivity index (χ4n) is 3.51. The average molecular weight is 453 g/mol. The Balaban J connectivity index is 1.52. The summed E-state index contributed by atoms with van der Waals surface area (Å²) in [5.74, 6) is 0.191. The van der Waals surface area contributed by atoms with Gasteiger partial charge in [0.05, 0.1) is 29.4 Å². The SMILES string of the molecule is CCCN(Cc1nc2cc(Cl)ccc2c(=O)[nH]1)C(=O)CCn1nnc2ccccc2c1=O. The van der Waals surface area contributed by atoms with E-state index in [9.17, 15) is 14.4 Å². The average Bonchev–Trinajstić information content (AvgIpc) is 2.78. The second-order valence-corrected chi connectivity index (χ2v) is 7.81. The van der Waals surface area contributed by atoms with Crippen molar-refractivity contribution in [2.45, 2.75) is 32.9 Å². The van der Waals surface area contributed by atoms with E-state index >= 15 is 0 Å². The number of carbonyl (C=O) groups is 1. The summed E-state index contributed by atoms with van der Waals surface area (Å²) >= 11 is 6.02. The van der Waals surface area contributed by atoms with Gasteiger partial charge in [-0.05, 0) is 36.8 Å². The summed E-state index contributed by atoms with van der Waals surface area (Å²) in [5.41, 5.74) is 0.406. The number of carbonyl (C=O) groups excluding carboxylic acids is 1. The Kier molecular flexibility index (Phi) is 6.27. The van der Waals surface area contributed by atoms with E-state index in [1.807, 2.05) is 6.92 Å². The standard InChI is InChI=1S/C22H21ClN6O3/c1-2-10-28(13-19-24-18-12-14(23)7-8-15(18)21(31)25-19)20(30)9-11-29-22(32)16-5-3-4-6-17(16)26-27-29/h3-8,12H,2,9-11,13H2,1H3,(H,24,25,31). The number of benzene rings is 2. The minimum atomic E-state index is -0.289. The Bertz CT molecular complexity index is 1410. The normalized spacial score (nSPS) is 11.2. The van der Waals surface area contributed by atoms with Crippen molar-refractivity contribution in [3.8, 4) is 0 Å². The molecule has 0 aliphatic heterocycles. The van der Waals surface area contributed by atoms with Crippen LogP contribution in [0.3, 0.4) is 0 Å². The van der Waals surface area contributed by atoms with Crippen molar-refractivity contribution in [1.29, 1.82) is 0 Å². The van der Waals surface area contributed by atoms with Crippen molar-refractivity contribution in [3.05, 3.63) is 74.0 Å². The zero-order chi connectivity index (χ0) is 22.7. The highest BCUT2D eigenvalue weighted by Crippen LogP contribution is 2.15. The summed E-state index contributed by atoms with van der Waals surface area (Å²) in [6, 6.07) is 11.8. The lowest BCUT2D eigenvalue weighted by Gasteiger charge is -2.21. The Morgan fingerprint density at radius 3 is 2.75 bits per heavy atom. The van der Waals surface area contributed by atoms with Crippen molar-refractivity contribution in [1.82, 2.24) is 29.9 Å². The highest BCUT2D eigenvalue weighted by atomic mass is 35.5. The summed E-state index contributed by atoms with van der Waals surface area (Å²) in [6.45, 7) is 2.68. The molecular weight excluding hydrogens is 432 g/mol. The summed E-state index contributed by atoms with van der Waals surface area (Å²) < 4.78 is 1.20. The van der Waals surface area contributed by atoms with Crippen molar-refractivity contribution in [2.75, 3.05) is 6.54 Å². The van der Waals surface area contributed by atoms with Crippen LogP contribution in [0, 0.1) is 0 Å². The van der Waals surface area contributed by atoms with E-state index in [1.165, 1.54) is 4.68 Å². The van der Waals surface area contributed by atoms with Gasteiger partial charge in [-0.3, -0.25) is 14.4 Å². The summed E-state index contributed by atoms with van der Waals surface area (Å²) in [5, 5.41) is 9.34. The number of aryl methyl sites for hydroxylation is 1. The van der Waals surface area contributed by atoms with Gasteiger partial charge in [0.2, 0.25) is 5.91 Å². The van der Waals surface area contributed by atoms with Gasteiger partial charge in [0.25, 0.3) is 11.1 Å². The number of hydrogen-bond acceptors (Lipinski definition) is 6. The Morgan fingerprint density at radius 1 is 1.12 bits per heavy atom. The van der Waals surface area contributed by atoms with Gasteiger partial charge in [-0.15, -0.1) is 5.10 Å². The molecule has 2 aromatic heterocycles. The van der Waals surface area contributed by atoms with E-state index in [1.54, 1.807) is 47.4 Å². The predicted octanol–water partition coefficient (Wildman–Crippen LogP) is 2.51. The Hall–Kier alpha value is -3.59. The van der Waals surface area contributed by atoms with E-state index < -0.39 is 0 Å². The number of aromatic amines is 1. The number of nitrogens with one attached hydrogen (secondary N) is 1. The first-order chi connectivity index (χ1) is 15.5. The molecule has 0 atom stereocenters. The topological polar surface area (TPSA) is 114 Å². The molecule has 0 fully saturated rings. The van der Waals surface area contributed by atoms with Gasteiger partial charge < -0.3 is 9.88 Å². The van der Waals surface area contributed by atoms with E-state index in [4.69, 9.17) is 11.6 Å². The quantitative estimate of drug-likeness (QED) is 0.461. The molecule has 9 nitrogen and oxygen atoms in total. The highest BCUT2D eigenvalue weighted by molar-refractivity contribution is 6.31. The predicted molar refractivity (Wildman–Crippen MR) is 121 cm³/mol. The maximum absolute atomic E-state index is 12.9. The van der Waals surface area contributed by atoms with E-state index in [0.29, 0.717) is 39.2 Å². The third-order valence-corrected chi connectivity index (χ3v) is 5.31. The number of aromatic nitrogens is 5. The maximum Gasteiger partial charge on any atom is 0.277 e. The maximum atomic E-state index is 12.9. The lowest BCUT2D eigenvalue weighted by Crippen LogP contribution is -2.34. The second kappa shape index (κ2) is 9.27. The molecule has 0 saturated carbocycles. The lowest BCUT2D eigenvalue weighted by molar-refractivity contribution is -0.132. The van der Waals surface area contributed by atoms with E-state index in [2.05, 4.69) is 20.3 Å². The minimum absolute atomic E-state index is 0.0660. The van der Waals surface area contributed by atoms with Crippen molar-refractivity contribution in [3.63, 3.8) is 0 Å². The highest BCUT2D eigenvalue weighted by Gasteiger charge is 2.16. The van der Waals surface area contributed by atoms with Crippen LogP contribution < -0.4 is 11.1 Å². The van der Waals surface area contributed by atoms with Crippen LogP contribution in [0.2, 0.25) is 5.02 Å². The molecular formula is C22H21ClN6O3. The Morgan fingerprint density at radius 2 is 1.94 bits per heavy atom. The van der Waals surface area contributed by atoms with Crippen molar-refractivity contribution < 1.29 is 4.79 Å². The van der Waals surface area contributed by atoms with Crippen LogP contribution in [-0.2, 0) is 17.9 Å². The van der Waals surface area contributed by atoms with Gasteiger partial charge in [0, 0.05) is 18.0 Å². The first-order valence-corrected chi connectivity index (χ1v) is 10.6. The molecule has 4 aromatic rings. The van der Waals surface area contributed by atoms with Crippen LogP contribution in [-0.4, -0.2) is 42.3 Å². The van der Waals surface area contributed by atoms with Crippen LogP contribution >= 0.6 is 11.6 Å². The molecule has 4 rings (SSSR count). The molecule has 164 valence electrons. The largest absolute Gasteiger partial charge is 0.335 e. The fraction of sp³-hybridized carbons (Fsp3) is 0.273. The number of H-pyrrole nitrogens is 1. The van der Waals surface area contributed by atoms with Gasteiger partial charge in [0.15, 0.2) is 0 Å². The number of hydrogen-bond donors (Lipinski definition) is 1. The molecule has 0 radical (unpaired) electrons. The number of nitrogens with zero attached hydrogens (tertiary/aromatic N) is 5. The van der Waals surface area contributed by atoms with E-state index in [-0.39, 0.29) is 36.5 Å². The summed E-state index contributed by atoms with van der Waals surface area (Å²) in [7, 11) is 0. The first kappa shape index (κ1) is 21.6. The van der Waals surface area contributed by atoms with Crippen LogP contribution in [0.4, 0.5) is 0 Å². The van der Waals surface area contributed by atoms with Gasteiger partial charge in [0.1, 0.15) is 11.3 Å². The molecule has 10 heteroatoms. The Labute approximate surface area is 187 Å². The van der Waals surface area contributed by atoms with Crippen molar-refractivity contribution in [2.24, 2.45) is 0 Å². The van der Waals surface area contributed by atoms with Crippen LogP contribution in [0.15, 0.2) is 52.1 Å². The molecule has 0 spiro atoms. The van der Waals surface area contributed by atoms with Gasteiger partial charge >= 0.3 is 0 Å². The zero-order valence-electron chi connectivity index (χ0n) is 17.4. The molecule has 0 aliphatic carbocycles. The molecule has 0 bridgehead atoms. The summed E-state index contributed by atoms with van der Waals surface area (Å²) in [4.78, 5) is 46.7. The lowest BCUT2D eigenvalue weighted by atomic mass is 10.2. The number of amides is 1.